The van der Waals surface area contributed by atoms with Crippen molar-refractivity contribution < 1.29 is 19.4 Å². The van der Waals surface area contributed by atoms with Gasteiger partial charge in [-0.2, -0.15) is 0 Å². The number of fused-ring (bicyclic) bond motifs is 2. The van der Waals surface area contributed by atoms with Gasteiger partial charge in [0.2, 0.25) is 0 Å². The summed E-state index contributed by atoms with van der Waals surface area (Å²) in [7, 11) is 0. The minimum atomic E-state index is -0.757. The molecule has 1 aromatic rings. The Balaban J connectivity index is 1.66. The lowest BCUT2D eigenvalue weighted by atomic mass is 9.82. The zero-order chi connectivity index (χ0) is 14.2. The molecule has 1 aromatic carbocycles. The van der Waals surface area contributed by atoms with E-state index in [0.29, 0.717) is 32.1 Å². The molecule has 2 fully saturated rings. The summed E-state index contributed by atoms with van der Waals surface area (Å²) in [5.74, 6) is -0.977. The number of rotatable bonds is 4. The number of esters is 1. The highest BCUT2D eigenvalue weighted by molar-refractivity contribution is 5.83. The van der Waals surface area contributed by atoms with Gasteiger partial charge in [0.05, 0.1) is 10.8 Å². The summed E-state index contributed by atoms with van der Waals surface area (Å²) in [4.78, 5) is 23.7. The number of hydrogen-bond acceptors (Lipinski definition) is 3. The molecule has 0 heterocycles. The van der Waals surface area contributed by atoms with Crippen LogP contribution in [0.4, 0.5) is 0 Å². The summed E-state index contributed by atoms with van der Waals surface area (Å²) in [6.45, 7) is 0.265. The molecule has 20 heavy (non-hydrogen) atoms. The second-order valence-electron chi connectivity index (χ2n) is 6.10. The zero-order valence-corrected chi connectivity index (χ0v) is 11.3. The van der Waals surface area contributed by atoms with Crippen molar-refractivity contribution in [3.8, 4) is 0 Å². The lowest BCUT2D eigenvalue weighted by molar-refractivity contribution is -0.156. The quantitative estimate of drug-likeness (QED) is 0.857. The van der Waals surface area contributed by atoms with Crippen LogP contribution in [0.15, 0.2) is 30.3 Å². The standard InChI is InChI=1S/C16H18O4/c17-13(18)15-6-8-16(11-15,9-7-15)14(19)20-10-12-4-2-1-3-5-12/h1-5H,6-11H2,(H,17,18). The first kappa shape index (κ1) is 13.2. The van der Waals surface area contributed by atoms with E-state index in [0.717, 1.165) is 5.56 Å². The number of ether oxygens (including phenoxy) is 1. The molecule has 0 spiro atoms. The van der Waals surface area contributed by atoms with Crippen LogP contribution in [0.1, 0.15) is 37.7 Å². The largest absolute Gasteiger partial charge is 0.481 e. The summed E-state index contributed by atoms with van der Waals surface area (Å²) in [6, 6.07) is 9.55. The van der Waals surface area contributed by atoms with Crippen molar-refractivity contribution in [1.82, 2.24) is 0 Å². The van der Waals surface area contributed by atoms with Gasteiger partial charge in [-0.05, 0) is 37.7 Å². The molecule has 4 nitrogen and oxygen atoms in total. The van der Waals surface area contributed by atoms with Crippen molar-refractivity contribution in [3.05, 3.63) is 35.9 Å². The van der Waals surface area contributed by atoms with Crippen molar-refractivity contribution >= 4 is 11.9 Å². The van der Waals surface area contributed by atoms with Crippen LogP contribution in [-0.2, 0) is 20.9 Å². The maximum Gasteiger partial charge on any atom is 0.312 e. The fourth-order valence-corrected chi connectivity index (χ4v) is 3.65. The summed E-state index contributed by atoms with van der Waals surface area (Å²) in [6.07, 6.45) is 2.94. The highest BCUT2D eigenvalue weighted by Gasteiger charge is 2.62. The number of benzene rings is 1. The number of aliphatic carboxylic acids is 1. The molecule has 0 aromatic heterocycles. The molecule has 2 aliphatic rings. The first-order valence-electron chi connectivity index (χ1n) is 7.01. The van der Waals surface area contributed by atoms with Gasteiger partial charge < -0.3 is 9.84 Å². The van der Waals surface area contributed by atoms with E-state index in [-0.39, 0.29) is 12.6 Å². The number of carbonyl (C=O) groups excluding carboxylic acids is 1. The van der Waals surface area contributed by atoms with Crippen molar-refractivity contribution in [3.63, 3.8) is 0 Å². The highest BCUT2D eigenvalue weighted by atomic mass is 16.5. The van der Waals surface area contributed by atoms with Gasteiger partial charge in [0.1, 0.15) is 6.61 Å². The Morgan fingerprint density at radius 2 is 1.65 bits per heavy atom. The van der Waals surface area contributed by atoms with E-state index in [1.165, 1.54) is 0 Å². The van der Waals surface area contributed by atoms with Crippen LogP contribution < -0.4 is 0 Å². The van der Waals surface area contributed by atoms with Gasteiger partial charge in [-0.15, -0.1) is 0 Å². The van der Waals surface area contributed by atoms with Crippen molar-refractivity contribution in [1.29, 1.82) is 0 Å². The van der Waals surface area contributed by atoms with Gasteiger partial charge in [-0.3, -0.25) is 9.59 Å². The van der Waals surface area contributed by atoms with E-state index >= 15 is 0 Å². The van der Waals surface area contributed by atoms with Crippen LogP contribution in [-0.4, -0.2) is 17.0 Å². The minimum absolute atomic E-state index is 0.220. The molecule has 1 N–H and O–H groups in total. The molecule has 0 saturated heterocycles. The Bertz CT molecular complexity index is 527. The number of carboxylic acids is 1. The topological polar surface area (TPSA) is 63.6 Å². The van der Waals surface area contributed by atoms with Gasteiger partial charge in [-0.25, -0.2) is 0 Å². The molecule has 0 amide bonds. The fourth-order valence-electron chi connectivity index (χ4n) is 3.65. The molecule has 0 atom stereocenters. The molecular weight excluding hydrogens is 256 g/mol. The second-order valence-corrected chi connectivity index (χ2v) is 6.10. The maximum atomic E-state index is 12.3. The predicted octanol–water partition coefficient (Wildman–Crippen LogP) is 2.76. The van der Waals surface area contributed by atoms with Gasteiger partial charge in [0.25, 0.3) is 0 Å². The molecule has 106 valence electrons. The Labute approximate surface area is 117 Å². The zero-order valence-electron chi connectivity index (χ0n) is 11.3. The molecule has 0 aliphatic heterocycles. The molecule has 3 rings (SSSR count). The average Bonchev–Trinajstić information content (AvgIpc) is 3.05. The van der Waals surface area contributed by atoms with E-state index in [1.807, 2.05) is 30.3 Å². The summed E-state index contributed by atoms with van der Waals surface area (Å²) in [5, 5.41) is 9.34. The van der Waals surface area contributed by atoms with Crippen LogP contribution in [0.25, 0.3) is 0 Å². The van der Waals surface area contributed by atoms with Crippen LogP contribution in [0, 0.1) is 10.8 Å². The third kappa shape index (κ3) is 1.99. The summed E-state index contributed by atoms with van der Waals surface area (Å²) < 4.78 is 5.43. The number of hydrogen-bond donors (Lipinski definition) is 1. The van der Waals surface area contributed by atoms with Gasteiger partial charge in [0, 0.05) is 0 Å². The number of carbonyl (C=O) groups is 2. The summed E-state index contributed by atoms with van der Waals surface area (Å²) in [5.41, 5.74) is -0.267. The number of carboxylic acid groups (broad SMARTS) is 1. The molecule has 2 aliphatic carbocycles. The molecule has 0 unspecified atom stereocenters. The Morgan fingerprint density at radius 3 is 2.20 bits per heavy atom. The SMILES string of the molecule is O=C(O)C12CCC(C(=O)OCc3ccccc3)(CC1)C2. The molecule has 2 bridgehead atoms. The van der Waals surface area contributed by atoms with E-state index in [9.17, 15) is 14.7 Å². The maximum absolute atomic E-state index is 12.3. The lowest BCUT2D eigenvalue weighted by Gasteiger charge is -2.24. The van der Waals surface area contributed by atoms with E-state index < -0.39 is 16.8 Å². The average molecular weight is 274 g/mol. The van der Waals surface area contributed by atoms with E-state index in [4.69, 9.17) is 4.74 Å². The second kappa shape index (κ2) is 4.62. The smallest absolute Gasteiger partial charge is 0.312 e. The molecule has 0 radical (unpaired) electrons. The monoisotopic (exact) mass is 274 g/mol. The van der Waals surface area contributed by atoms with Crippen molar-refractivity contribution in [2.75, 3.05) is 0 Å². The summed E-state index contributed by atoms with van der Waals surface area (Å²) >= 11 is 0. The van der Waals surface area contributed by atoms with Crippen LogP contribution >= 0.6 is 0 Å². The Hall–Kier alpha value is -1.84. The first-order chi connectivity index (χ1) is 9.56. The normalized spacial score (nSPS) is 31.2. The lowest BCUT2D eigenvalue weighted by Crippen LogP contribution is -2.28. The van der Waals surface area contributed by atoms with Gasteiger partial charge in [0.15, 0.2) is 0 Å². The van der Waals surface area contributed by atoms with Crippen LogP contribution in [0.5, 0.6) is 0 Å². The van der Waals surface area contributed by atoms with E-state index in [1.54, 1.807) is 0 Å². The van der Waals surface area contributed by atoms with Crippen molar-refractivity contribution in [2.24, 2.45) is 10.8 Å². The Kier molecular flexibility index (Phi) is 3.04. The predicted molar refractivity (Wildman–Crippen MR) is 71.8 cm³/mol. The van der Waals surface area contributed by atoms with Crippen LogP contribution in [0.2, 0.25) is 0 Å². The molecular formula is C16H18O4. The molecule has 4 heteroatoms. The Morgan fingerprint density at radius 1 is 1.05 bits per heavy atom. The van der Waals surface area contributed by atoms with Gasteiger partial charge >= 0.3 is 11.9 Å². The van der Waals surface area contributed by atoms with Gasteiger partial charge in [-0.1, -0.05) is 30.3 Å². The minimum Gasteiger partial charge on any atom is -0.481 e. The molecule has 2 saturated carbocycles. The third-order valence-corrected chi connectivity index (χ3v) is 4.94. The van der Waals surface area contributed by atoms with E-state index in [2.05, 4.69) is 0 Å². The van der Waals surface area contributed by atoms with Crippen molar-refractivity contribution in [2.45, 2.75) is 38.7 Å². The first-order valence-corrected chi connectivity index (χ1v) is 7.01. The fraction of sp³-hybridized carbons (Fsp3) is 0.500. The third-order valence-electron chi connectivity index (χ3n) is 4.94. The van der Waals surface area contributed by atoms with Crippen LogP contribution in [0.3, 0.4) is 0 Å². The highest BCUT2D eigenvalue weighted by Crippen LogP contribution is 2.62.